The minimum atomic E-state index is -0.233. The van der Waals surface area contributed by atoms with E-state index in [9.17, 15) is 9.59 Å². The second kappa shape index (κ2) is 7.89. The lowest BCUT2D eigenvalue weighted by Gasteiger charge is -2.33. The summed E-state index contributed by atoms with van der Waals surface area (Å²) in [5, 5.41) is 2.93. The molecule has 2 aliphatic heterocycles. The van der Waals surface area contributed by atoms with E-state index < -0.39 is 0 Å². The highest BCUT2D eigenvalue weighted by Gasteiger charge is 2.29. The minimum Gasteiger partial charge on any atom is -0.483 e. The first-order chi connectivity index (χ1) is 14.7. The maximum atomic E-state index is 12.7. The van der Waals surface area contributed by atoms with Crippen LogP contribution in [-0.2, 0) is 11.3 Å². The van der Waals surface area contributed by atoms with Gasteiger partial charge in [-0.1, -0.05) is 19.3 Å². The van der Waals surface area contributed by atoms with Crippen molar-refractivity contribution in [2.75, 3.05) is 18.7 Å². The predicted molar refractivity (Wildman–Crippen MR) is 110 cm³/mol. The Morgan fingerprint density at radius 2 is 1.73 bits per heavy atom. The molecule has 0 saturated heterocycles. The summed E-state index contributed by atoms with van der Waals surface area (Å²) in [5.74, 6) is 1.70. The number of carbonyl (C=O) groups is 2. The summed E-state index contributed by atoms with van der Waals surface area (Å²) in [4.78, 5) is 27.3. The van der Waals surface area contributed by atoms with Crippen LogP contribution in [0.1, 0.15) is 48.0 Å². The Morgan fingerprint density at radius 3 is 2.60 bits per heavy atom. The van der Waals surface area contributed by atoms with Gasteiger partial charge in [0.15, 0.2) is 18.1 Å². The van der Waals surface area contributed by atoms with Crippen molar-refractivity contribution in [3.8, 4) is 17.2 Å². The van der Waals surface area contributed by atoms with Gasteiger partial charge in [0.1, 0.15) is 5.75 Å². The van der Waals surface area contributed by atoms with Gasteiger partial charge < -0.3 is 24.4 Å². The van der Waals surface area contributed by atoms with Crippen molar-refractivity contribution in [3.63, 3.8) is 0 Å². The first-order valence-corrected chi connectivity index (χ1v) is 10.4. The Kier molecular flexibility index (Phi) is 4.94. The number of hydrogen-bond donors (Lipinski definition) is 1. The van der Waals surface area contributed by atoms with Crippen LogP contribution >= 0.6 is 0 Å². The molecule has 5 rings (SSSR count). The van der Waals surface area contributed by atoms with E-state index >= 15 is 0 Å². The van der Waals surface area contributed by atoms with Crippen LogP contribution in [0.5, 0.6) is 17.2 Å². The topological polar surface area (TPSA) is 77.1 Å². The predicted octanol–water partition coefficient (Wildman–Crippen LogP) is 3.72. The molecule has 0 radical (unpaired) electrons. The van der Waals surface area contributed by atoms with Crippen LogP contribution in [0.2, 0.25) is 0 Å². The molecule has 2 aromatic carbocycles. The van der Waals surface area contributed by atoms with E-state index in [0.717, 1.165) is 31.2 Å². The molecule has 0 spiro atoms. The van der Waals surface area contributed by atoms with E-state index in [2.05, 4.69) is 5.32 Å². The van der Waals surface area contributed by atoms with Crippen LogP contribution in [0.3, 0.4) is 0 Å². The average molecular weight is 408 g/mol. The third kappa shape index (κ3) is 3.67. The van der Waals surface area contributed by atoms with Crippen molar-refractivity contribution in [1.29, 1.82) is 0 Å². The van der Waals surface area contributed by atoms with Gasteiger partial charge in [-0.05, 0) is 49.2 Å². The molecule has 2 heterocycles. The zero-order chi connectivity index (χ0) is 20.5. The van der Waals surface area contributed by atoms with E-state index in [1.807, 2.05) is 17.0 Å². The number of ether oxygens (including phenoxy) is 3. The van der Waals surface area contributed by atoms with Crippen molar-refractivity contribution in [3.05, 3.63) is 47.5 Å². The van der Waals surface area contributed by atoms with Gasteiger partial charge in [0.05, 0.1) is 0 Å². The number of nitrogens with one attached hydrogen (secondary N) is 1. The van der Waals surface area contributed by atoms with Gasteiger partial charge in [-0.15, -0.1) is 0 Å². The summed E-state index contributed by atoms with van der Waals surface area (Å²) in [6, 6.07) is 10.9. The number of anilines is 1. The highest BCUT2D eigenvalue weighted by atomic mass is 16.7. The van der Waals surface area contributed by atoms with Crippen molar-refractivity contribution in [2.45, 2.75) is 44.7 Å². The van der Waals surface area contributed by atoms with Gasteiger partial charge in [-0.2, -0.15) is 0 Å². The molecule has 7 nitrogen and oxygen atoms in total. The summed E-state index contributed by atoms with van der Waals surface area (Å²) in [6.07, 6.45) is 5.65. The SMILES string of the molecule is O=C(Nc1ccc2c(c1)CN(C1CCCCC1)C(=O)CO2)c1ccc2c(c1)OCO2. The number of hydrogen-bond acceptors (Lipinski definition) is 5. The van der Waals surface area contributed by atoms with Crippen molar-refractivity contribution >= 4 is 17.5 Å². The Balaban J connectivity index is 1.34. The number of fused-ring (bicyclic) bond motifs is 2. The van der Waals surface area contributed by atoms with Gasteiger partial charge in [0, 0.05) is 29.4 Å². The first kappa shape index (κ1) is 18.8. The second-order valence-corrected chi connectivity index (χ2v) is 7.95. The fourth-order valence-corrected chi connectivity index (χ4v) is 4.38. The van der Waals surface area contributed by atoms with Crippen molar-refractivity contribution in [1.82, 2.24) is 4.90 Å². The quantitative estimate of drug-likeness (QED) is 0.838. The van der Waals surface area contributed by atoms with E-state index in [4.69, 9.17) is 14.2 Å². The van der Waals surface area contributed by atoms with Crippen LogP contribution in [0.4, 0.5) is 5.69 Å². The van der Waals surface area contributed by atoms with E-state index in [0.29, 0.717) is 35.0 Å². The van der Waals surface area contributed by atoms with E-state index in [1.54, 1.807) is 24.3 Å². The lowest BCUT2D eigenvalue weighted by atomic mass is 9.93. The number of carbonyl (C=O) groups excluding carboxylic acids is 2. The van der Waals surface area contributed by atoms with Gasteiger partial charge in [-0.25, -0.2) is 0 Å². The molecule has 30 heavy (non-hydrogen) atoms. The lowest BCUT2D eigenvalue weighted by molar-refractivity contribution is -0.136. The lowest BCUT2D eigenvalue weighted by Crippen LogP contribution is -2.42. The monoisotopic (exact) mass is 408 g/mol. The minimum absolute atomic E-state index is 0.0315. The number of nitrogens with zero attached hydrogens (tertiary/aromatic N) is 1. The van der Waals surface area contributed by atoms with Gasteiger partial charge in [-0.3, -0.25) is 9.59 Å². The molecule has 0 atom stereocenters. The molecule has 2 aromatic rings. The molecule has 156 valence electrons. The van der Waals surface area contributed by atoms with Crippen molar-refractivity contribution < 1.29 is 23.8 Å². The molecule has 1 aliphatic carbocycles. The molecule has 3 aliphatic rings. The molecule has 0 aromatic heterocycles. The fourth-order valence-electron chi connectivity index (χ4n) is 4.38. The number of rotatable bonds is 3. The second-order valence-electron chi connectivity index (χ2n) is 7.95. The molecule has 1 saturated carbocycles. The number of benzene rings is 2. The zero-order valence-corrected chi connectivity index (χ0v) is 16.7. The molecular formula is C23H24N2O5. The summed E-state index contributed by atoms with van der Waals surface area (Å²) < 4.78 is 16.4. The fraction of sp³-hybridized carbons (Fsp3) is 0.391. The molecule has 1 N–H and O–H groups in total. The summed E-state index contributed by atoms with van der Waals surface area (Å²) in [7, 11) is 0. The van der Waals surface area contributed by atoms with Crippen LogP contribution < -0.4 is 19.5 Å². The van der Waals surface area contributed by atoms with Crippen LogP contribution in [0.15, 0.2) is 36.4 Å². The molecule has 2 amide bonds. The summed E-state index contributed by atoms with van der Waals surface area (Å²) >= 11 is 0. The third-order valence-electron chi connectivity index (χ3n) is 5.98. The Morgan fingerprint density at radius 1 is 0.933 bits per heavy atom. The Labute approximate surface area is 174 Å². The maximum Gasteiger partial charge on any atom is 0.261 e. The molecule has 0 bridgehead atoms. The highest BCUT2D eigenvalue weighted by molar-refractivity contribution is 6.04. The van der Waals surface area contributed by atoms with Crippen LogP contribution in [0.25, 0.3) is 0 Å². The first-order valence-electron chi connectivity index (χ1n) is 10.4. The molecule has 1 fully saturated rings. The van der Waals surface area contributed by atoms with E-state index in [-0.39, 0.29) is 31.3 Å². The zero-order valence-electron chi connectivity index (χ0n) is 16.7. The van der Waals surface area contributed by atoms with E-state index in [1.165, 1.54) is 6.42 Å². The van der Waals surface area contributed by atoms with Gasteiger partial charge in [0.2, 0.25) is 6.79 Å². The average Bonchev–Trinajstić information content (AvgIpc) is 3.18. The normalized spacial score (nSPS) is 18.4. The van der Waals surface area contributed by atoms with Crippen molar-refractivity contribution in [2.24, 2.45) is 0 Å². The number of amides is 2. The Bertz CT molecular complexity index is 984. The van der Waals surface area contributed by atoms with Crippen LogP contribution in [0, 0.1) is 0 Å². The van der Waals surface area contributed by atoms with Gasteiger partial charge in [0.25, 0.3) is 11.8 Å². The molecule has 7 heteroatoms. The van der Waals surface area contributed by atoms with Crippen LogP contribution in [-0.4, -0.2) is 36.2 Å². The highest BCUT2D eigenvalue weighted by Crippen LogP contribution is 2.33. The summed E-state index contributed by atoms with van der Waals surface area (Å²) in [6.45, 7) is 0.737. The molecule has 0 unspecified atom stereocenters. The smallest absolute Gasteiger partial charge is 0.261 e. The largest absolute Gasteiger partial charge is 0.483 e. The standard InChI is InChI=1S/C23H24N2O5/c26-22-13-28-19-9-7-17(10-16(19)12-25(22)18-4-2-1-3-5-18)24-23(27)15-6-8-20-21(11-15)30-14-29-20/h6-11,18H,1-5,12-14H2,(H,24,27). The third-order valence-corrected chi connectivity index (χ3v) is 5.98. The molecular weight excluding hydrogens is 384 g/mol. The Hall–Kier alpha value is -3.22. The maximum absolute atomic E-state index is 12.7. The summed E-state index contributed by atoms with van der Waals surface area (Å²) in [5.41, 5.74) is 2.07. The van der Waals surface area contributed by atoms with Gasteiger partial charge >= 0.3 is 0 Å².